The van der Waals surface area contributed by atoms with Gasteiger partial charge in [-0.25, -0.2) is 4.39 Å². The van der Waals surface area contributed by atoms with Crippen LogP contribution in [0.3, 0.4) is 0 Å². The fourth-order valence-corrected chi connectivity index (χ4v) is 0.913. The standard InChI is InChI=1S/C5H8FNO2.ClH/c6-3-1-2-7-4(3)5(8)9;/h3-4,7H,1-2H2,(H,8,9);1H/t3-,4-;/m0./s1. The molecule has 2 N–H and O–H groups in total. The lowest BCUT2D eigenvalue weighted by atomic mass is 10.2. The zero-order valence-corrected chi connectivity index (χ0v) is 6.03. The minimum Gasteiger partial charge on any atom is -0.480 e. The SMILES string of the molecule is Cl.O=C(O)[C@H]1NCC[C@@H]1F. The highest BCUT2D eigenvalue weighted by molar-refractivity contribution is 5.85. The van der Waals surface area contributed by atoms with Crippen molar-refractivity contribution in [2.45, 2.75) is 18.6 Å². The van der Waals surface area contributed by atoms with Crippen LogP contribution in [-0.2, 0) is 4.79 Å². The van der Waals surface area contributed by atoms with E-state index in [1.54, 1.807) is 0 Å². The number of carbonyl (C=O) groups is 1. The Morgan fingerprint density at radius 2 is 2.30 bits per heavy atom. The molecule has 0 unspecified atom stereocenters. The van der Waals surface area contributed by atoms with Crippen molar-refractivity contribution in [1.29, 1.82) is 0 Å². The third-order valence-electron chi connectivity index (χ3n) is 1.41. The molecular formula is C5H9ClFNO2. The van der Waals surface area contributed by atoms with E-state index in [2.05, 4.69) is 5.32 Å². The van der Waals surface area contributed by atoms with Gasteiger partial charge in [-0.2, -0.15) is 0 Å². The molecule has 0 aromatic rings. The first kappa shape index (κ1) is 9.65. The molecule has 1 fully saturated rings. The van der Waals surface area contributed by atoms with E-state index in [-0.39, 0.29) is 12.4 Å². The maximum absolute atomic E-state index is 12.4. The van der Waals surface area contributed by atoms with Crippen LogP contribution in [0.25, 0.3) is 0 Å². The van der Waals surface area contributed by atoms with Crippen molar-refractivity contribution in [2.75, 3.05) is 6.54 Å². The normalized spacial score (nSPS) is 31.3. The first-order valence-electron chi connectivity index (χ1n) is 2.82. The van der Waals surface area contributed by atoms with Crippen LogP contribution in [0.1, 0.15) is 6.42 Å². The molecule has 10 heavy (non-hydrogen) atoms. The van der Waals surface area contributed by atoms with E-state index in [1.807, 2.05) is 0 Å². The van der Waals surface area contributed by atoms with Crippen LogP contribution in [0.5, 0.6) is 0 Å². The van der Waals surface area contributed by atoms with Crippen molar-refractivity contribution >= 4 is 18.4 Å². The lowest BCUT2D eigenvalue weighted by Crippen LogP contribution is -2.36. The molecule has 1 heterocycles. The monoisotopic (exact) mass is 169 g/mol. The molecule has 0 aromatic heterocycles. The van der Waals surface area contributed by atoms with Gasteiger partial charge in [-0.1, -0.05) is 0 Å². The van der Waals surface area contributed by atoms with Crippen LogP contribution in [0, 0.1) is 0 Å². The van der Waals surface area contributed by atoms with Gasteiger partial charge in [0.2, 0.25) is 0 Å². The van der Waals surface area contributed by atoms with Crippen molar-refractivity contribution < 1.29 is 14.3 Å². The van der Waals surface area contributed by atoms with E-state index in [0.717, 1.165) is 0 Å². The van der Waals surface area contributed by atoms with E-state index >= 15 is 0 Å². The van der Waals surface area contributed by atoms with Gasteiger partial charge < -0.3 is 10.4 Å². The highest BCUT2D eigenvalue weighted by Crippen LogP contribution is 2.10. The zero-order chi connectivity index (χ0) is 6.85. The summed E-state index contributed by atoms with van der Waals surface area (Å²) in [5, 5.41) is 10.8. The van der Waals surface area contributed by atoms with E-state index < -0.39 is 18.2 Å². The van der Waals surface area contributed by atoms with Gasteiger partial charge in [0.05, 0.1) is 0 Å². The molecule has 0 radical (unpaired) electrons. The summed E-state index contributed by atoms with van der Waals surface area (Å²) < 4.78 is 12.4. The summed E-state index contributed by atoms with van der Waals surface area (Å²) in [6, 6.07) is -0.968. The van der Waals surface area contributed by atoms with Gasteiger partial charge in [0, 0.05) is 0 Å². The van der Waals surface area contributed by atoms with Gasteiger partial charge >= 0.3 is 5.97 Å². The first-order valence-corrected chi connectivity index (χ1v) is 2.82. The number of nitrogens with one attached hydrogen (secondary N) is 1. The van der Waals surface area contributed by atoms with Crippen LogP contribution in [0.2, 0.25) is 0 Å². The Kier molecular flexibility index (Phi) is 3.60. The molecule has 0 bridgehead atoms. The number of halogens is 2. The number of hydrogen-bond acceptors (Lipinski definition) is 2. The zero-order valence-electron chi connectivity index (χ0n) is 5.21. The van der Waals surface area contributed by atoms with Gasteiger partial charge in [-0.05, 0) is 13.0 Å². The Hall–Kier alpha value is -0.350. The molecule has 0 aromatic carbocycles. The molecule has 60 valence electrons. The molecule has 2 atom stereocenters. The smallest absolute Gasteiger partial charge is 0.323 e. The van der Waals surface area contributed by atoms with E-state index in [4.69, 9.17) is 5.11 Å². The molecular weight excluding hydrogens is 161 g/mol. The minimum absolute atomic E-state index is 0. The average molecular weight is 170 g/mol. The summed E-state index contributed by atoms with van der Waals surface area (Å²) in [6.07, 6.45) is -0.890. The van der Waals surface area contributed by atoms with Crippen molar-refractivity contribution in [3.63, 3.8) is 0 Å². The van der Waals surface area contributed by atoms with Gasteiger partial charge in [0.25, 0.3) is 0 Å². The Morgan fingerprint density at radius 3 is 2.50 bits per heavy atom. The number of carboxylic acid groups (broad SMARTS) is 1. The number of alkyl halides is 1. The molecule has 1 aliphatic rings. The van der Waals surface area contributed by atoms with Gasteiger partial charge in [0.1, 0.15) is 12.2 Å². The Labute approximate surface area is 64.0 Å². The molecule has 0 saturated carbocycles. The quantitative estimate of drug-likeness (QED) is 0.589. The van der Waals surface area contributed by atoms with E-state index in [0.29, 0.717) is 13.0 Å². The summed E-state index contributed by atoms with van der Waals surface area (Å²) in [4.78, 5) is 10.1. The summed E-state index contributed by atoms with van der Waals surface area (Å²) in [6.45, 7) is 0.470. The maximum Gasteiger partial charge on any atom is 0.323 e. The highest BCUT2D eigenvalue weighted by Gasteiger charge is 2.32. The summed E-state index contributed by atoms with van der Waals surface area (Å²) in [7, 11) is 0. The Morgan fingerprint density at radius 1 is 1.70 bits per heavy atom. The van der Waals surface area contributed by atoms with Crippen LogP contribution in [0.15, 0.2) is 0 Å². The van der Waals surface area contributed by atoms with Crippen LogP contribution in [-0.4, -0.2) is 29.8 Å². The number of aliphatic carboxylic acids is 1. The van der Waals surface area contributed by atoms with Crippen molar-refractivity contribution in [3.05, 3.63) is 0 Å². The van der Waals surface area contributed by atoms with Gasteiger partial charge in [-0.3, -0.25) is 4.79 Å². The Balaban J connectivity index is 0.000000810. The largest absolute Gasteiger partial charge is 0.480 e. The van der Waals surface area contributed by atoms with Crippen LogP contribution >= 0.6 is 12.4 Å². The molecule has 0 aliphatic carbocycles. The second-order valence-electron chi connectivity index (χ2n) is 2.07. The third kappa shape index (κ3) is 1.82. The number of hydrogen-bond donors (Lipinski definition) is 2. The van der Waals surface area contributed by atoms with Crippen LogP contribution < -0.4 is 5.32 Å². The molecule has 3 nitrogen and oxygen atoms in total. The second-order valence-corrected chi connectivity index (χ2v) is 2.07. The molecule has 1 rings (SSSR count). The molecule has 0 amide bonds. The molecule has 1 aliphatic heterocycles. The first-order chi connectivity index (χ1) is 4.22. The van der Waals surface area contributed by atoms with Crippen molar-refractivity contribution in [3.8, 4) is 0 Å². The molecule has 0 spiro atoms. The predicted molar refractivity (Wildman–Crippen MR) is 36.2 cm³/mol. The van der Waals surface area contributed by atoms with E-state index in [1.165, 1.54) is 0 Å². The minimum atomic E-state index is -1.21. The second kappa shape index (κ2) is 3.73. The summed E-state index contributed by atoms with van der Waals surface area (Å²) >= 11 is 0. The number of carboxylic acids is 1. The van der Waals surface area contributed by atoms with Crippen LogP contribution in [0.4, 0.5) is 4.39 Å². The van der Waals surface area contributed by atoms with Gasteiger partial charge in [0.15, 0.2) is 0 Å². The fraction of sp³-hybridized carbons (Fsp3) is 0.800. The Bertz CT molecular complexity index is 133. The summed E-state index contributed by atoms with van der Waals surface area (Å²) in [5.74, 6) is -1.10. The third-order valence-corrected chi connectivity index (χ3v) is 1.41. The molecule has 1 saturated heterocycles. The topological polar surface area (TPSA) is 49.3 Å². The summed E-state index contributed by atoms with van der Waals surface area (Å²) in [5.41, 5.74) is 0. The number of rotatable bonds is 1. The van der Waals surface area contributed by atoms with Crippen molar-refractivity contribution in [2.24, 2.45) is 0 Å². The molecule has 5 heteroatoms. The predicted octanol–water partition coefficient (Wildman–Crippen LogP) is 0.193. The van der Waals surface area contributed by atoms with Crippen molar-refractivity contribution in [1.82, 2.24) is 5.32 Å². The lowest BCUT2D eigenvalue weighted by Gasteiger charge is -2.04. The fourth-order valence-electron chi connectivity index (χ4n) is 0.913. The van der Waals surface area contributed by atoms with Gasteiger partial charge in [-0.15, -0.1) is 12.4 Å². The maximum atomic E-state index is 12.4. The average Bonchev–Trinajstić information content (AvgIpc) is 2.13. The van der Waals surface area contributed by atoms with E-state index in [9.17, 15) is 9.18 Å². The lowest BCUT2D eigenvalue weighted by molar-refractivity contribution is -0.140. The highest BCUT2D eigenvalue weighted by atomic mass is 35.5.